The van der Waals surface area contributed by atoms with Crippen LogP contribution in [0.15, 0.2) is 18.2 Å². The first kappa shape index (κ1) is 11.4. The van der Waals surface area contributed by atoms with E-state index in [9.17, 15) is 0 Å². The third-order valence-electron chi connectivity index (χ3n) is 1.95. The number of methoxy groups -OCH3 is 1. The number of para-hydroxylation sites is 1. The van der Waals surface area contributed by atoms with E-state index in [1.165, 1.54) is 0 Å². The van der Waals surface area contributed by atoms with Crippen LogP contribution in [0.25, 0.3) is 0 Å². The van der Waals surface area contributed by atoms with Crippen molar-refractivity contribution < 1.29 is 9.47 Å². The molecule has 1 N–H and O–H groups in total. The van der Waals surface area contributed by atoms with Crippen molar-refractivity contribution in [3.8, 4) is 23.8 Å². The third kappa shape index (κ3) is 2.90. The van der Waals surface area contributed by atoms with E-state index in [-0.39, 0.29) is 6.61 Å². The molecule has 0 aliphatic heterocycles. The number of ether oxygens (including phenoxy) is 2. The van der Waals surface area contributed by atoms with Gasteiger partial charge in [0.2, 0.25) is 0 Å². The highest BCUT2D eigenvalue weighted by Crippen LogP contribution is 2.30. The predicted octanol–water partition coefficient (Wildman–Crippen LogP) is 1.43. The van der Waals surface area contributed by atoms with Crippen LogP contribution in [-0.4, -0.2) is 20.8 Å². The molecule has 1 aromatic rings. The summed E-state index contributed by atoms with van der Waals surface area (Å²) in [7, 11) is 3.49. The molecule has 0 aromatic heterocycles. The van der Waals surface area contributed by atoms with Gasteiger partial charge in [0.05, 0.1) is 7.11 Å². The van der Waals surface area contributed by atoms with Crippen molar-refractivity contribution in [2.45, 2.75) is 6.54 Å². The van der Waals surface area contributed by atoms with Crippen LogP contribution >= 0.6 is 0 Å². The lowest BCUT2D eigenvalue weighted by Crippen LogP contribution is -2.08. The monoisotopic (exact) mass is 205 g/mol. The summed E-state index contributed by atoms with van der Waals surface area (Å²) in [6, 6.07) is 5.75. The lowest BCUT2D eigenvalue weighted by Gasteiger charge is -2.13. The van der Waals surface area contributed by atoms with Crippen molar-refractivity contribution in [3.05, 3.63) is 23.8 Å². The van der Waals surface area contributed by atoms with E-state index in [1.807, 2.05) is 25.2 Å². The van der Waals surface area contributed by atoms with Gasteiger partial charge in [0, 0.05) is 12.1 Å². The van der Waals surface area contributed by atoms with Gasteiger partial charge in [-0.3, -0.25) is 0 Å². The van der Waals surface area contributed by atoms with Crippen LogP contribution in [0.2, 0.25) is 0 Å². The van der Waals surface area contributed by atoms with Crippen molar-refractivity contribution in [2.24, 2.45) is 0 Å². The Morgan fingerprint density at radius 2 is 2.27 bits per heavy atom. The fourth-order valence-corrected chi connectivity index (χ4v) is 1.33. The van der Waals surface area contributed by atoms with E-state index in [2.05, 4.69) is 11.2 Å². The largest absolute Gasteiger partial charge is 0.493 e. The summed E-state index contributed by atoms with van der Waals surface area (Å²) in [5.41, 5.74) is 1.03. The summed E-state index contributed by atoms with van der Waals surface area (Å²) < 4.78 is 10.7. The molecule has 0 saturated heterocycles. The number of terminal acetylenes is 1. The minimum atomic E-state index is 0.247. The highest BCUT2D eigenvalue weighted by Gasteiger charge is 2.08. The molecule has 3 nitrogen and oxygen atoms in total. The zero-order valence-corrected chi connectivity index (χ0v) is 9.04. The maximum absolute atomic E-state index is 5.46. The fourth-order valence-electron chi connectivity index (χ4n) is 1.33. The van der Waals surface area contributed by atoms with E-state index in [4.69, 9.17) is 15.9 Å². The zero-order chi connectivity index (χ0) is 11.1. The van der Waals surface area contributed by atoms with Crippen molar-refractivity contribution in [1.82, 2.24) is 5.32 Å². The first-order valence-corrected chi connectivity index (χ1v) is 4.70. The lowest BCUT2D eigenvalue weighted by molar-refractivity contribution is 0.327. The smallest absolute Gasteiger partial charge is 0.167 e. The van der Waals surface area contributed by atoms with E-state index in [0.29, 0.717) is 11.5 Å². The van der Waals surface area contributed by atoms with Gasteiger partial charge in [0.15, 0.2) is 11.5 Å². The fraction of sp³-hybridized carbons (Fsp3) is 0.333. The molecule has 0 amide bonds. The van der Waals surface area contributed by atoms with Gasteiger partial charge in [-0.15, -0.1) is 6.42 Å². The number of benzene rings is 1. The average molecular weight is 205 g/mol. The SMILES string of the molecule is C#CCOc1c(CNC)cccc1OC. The third-order valence-corrected chi connectivity index (χ3v) is 1.95. The highest BCUT2D eigenvalue weighted by molar-refractivity contribution is 5.46. The molecule has 3 heteroatoms. The molecule has 0 aliphatic rings. The molecule has 0 saturated carbocycles. The Labute approximate surface area is 90.4 Å². The molecule has 1 rings (SSSR count). The molecule has 15 heavy (non-hydrogen) atoms. The Bertz CT molecular complexity index is 355. The van der Waals surface area contributed by atoms with Crippen molar-refractivity contribution in [1.29, 1.82) is 0 Å². The molecular weight excluding hydrogens is 190 g/mol. The molecule has 0 spiro atoms. The topological polar surface area (TPSA) is 30.5 Å². The van der Waals surface area contributed by atoms with Gasteiger partial charge in [-0.05, 0) is 13.1 Å². The van der Waals surface area contributed by atoms with Crippen LogP contribution in [-0.2, 0) is 6.54 Å². The summed E-state index contributed by atoms with van der Waals surface area (Å²) in [6.07, 6.45) is 5.16. The van der Waals surface area contributed by atoms with Gasteiger partial charge in [-0.2, -0.15) is 0 Å². The number of nitrogens with one attached hydrogen (secondary N) is 1. The average Bonchev–Trinajstić information content (AvgIpc) is 2.27. The first-order valence-electron chi connectivity index (χ1n) is 4.70. The molecule has 0 heterocycles. The Morgan fingerprint density at radius 3 is 2.87 bits per heavy atom. The van der Waals surface area contributed by atoms with Crippen LogP contribution in [0.5, 0.6) is 11.5 Å². The maximum Gasteiger partial charge on any atom is 0.167 e. The van der Waals surface area contributed by atoms with E-state index >= 15 is 0 Å². The van der Waals surface area contributed by atoms with Crippen molar-refractivity contribution in [3.63, 3.8) is 0 Å². The van der Waals surface area contributed by atoms with Crippen LogP contribution in [0.4, 0.5) is 0 Å². The Hall–Kier alpha value is -1.66. The number of hydrogen-bond donors (Lipinski definition) is 1. The van der Waals surface area contributed by atoms with Gasteiger partial charge in [0.1, 0.15) is 6.61 Å². The van der Waals surface area contributed by atoms with Gasteiger partial charge in [0.25, 0.3) is 0 Å². The minimum absolute atomic E-state index is 0.247. The van der Waals surface area contributed by atoms with Crippen LogP contribution in [0.3, 0.4) is 0 Å². The Balaban J connectivity index is 2.98. The summed E-state index contributed by atoms with van der Waals surface area (Å²) in [6.45, 7) is 0.966. The zero-order valence-electron chi connectivity index (χ0n) is 9.04. The normalized spacial score (nSPS) is 9.40. The lowest BCUT2D eigenvalue weighted by atomic mass is 10.2. The summed E-state index contributed by atoms with van der Waals surface area (Å²) >= 11 is 0. The summed E-state index contributed by atoms with van der Waals surface area (Å²) in [4.78, 5) is 0. The molecule has 0 radical (unpaired) electrons. The second-order valence-electron chi connectivity index (χ2n) is 2.97. The molecule has 0 bridgehead atoms. The van der Waals surface area contributed by atoms with Gasteiger partial charge in [-0.25, -0.2) is 0 Å². The molecule has 0 unspecified atom stereocenters. The van der Waals surface area contributed by atoms with E-state index in [1.54, 1.807) is 7.11 Å². The Morgan fingerprint density at radius 1 is 1.47 bits per heavy atom. The van der Waals surface area contributed by atoms with Gasteiger partial charge >= 0.3 is 0 Å². The second-order valence-corrected chi connectivity index (χ2v) is 2.97. The Kier molecular flexibility index (Phi) is 4.52. The first-order chi connectivity index (χ1) is 7.33. The van der Waals surface area contributed by atoms with Gasteiger partial charge in [-0.1, -0.05) is 18.1 Å². The molecular formula is C12H15NO2. The van der Waals surface area contributed by atoms with Gasteiger partial charge < -0.3 is 14.8 Å². The van der Waals surface area contributed by atoms with Crippen molar-refractivity contribution >= 4 is 0 Å². The maximum atomic E-state index is 5.46. The molecule has 1 aromatic carbocycles. The molecule has 0 aliphatic carbocycles. The number of hydrogen-bond acceptors (Lipinski definition) is 3. The van der Waals surface area contributed by atoms with Crippen LogP contribution < -0.4 is 14.8 Å². The molecule has 80 valence electrons. The molecule has 0 fully saturated rings. The second kappa shape index (κ2) is 5.94. The summed E-state index contributed by atoms with van der Waals surface area (Å²) in [5.74, 6) is 3.86. The van der Waals surface area contributed by atoms with Crippen LogP contribution in [0.1, 0.15) is 5.56 Å². The minimum Gasteiger partial charge on any atom is -0.493 e. The quantitative estimate of drug-likeness (QED) is 0.738. The number of rotatable bonds is 5. The molecule has 0 atom stereocenters. The predicted molar refractivity (Wildman–Crippen MR) is 60.1 cm³/mol. The highest BCUT2D eigenvalue weighted by atomic mass is 16.5. The van der Waals surface area contributed by atoms with E-state index in [0.717, 1.165) is 12.1 Å². The standard InChI is InChI=1S/C12H15NO2/c1-4-8-15-12-10(9-13-2)6-5-7-11(12)14-3/h1,5-7,13H,8-9H2,2-3H3. The summed E-state index contributed by atoms with van der Waals surface area (Å²) in [5, 5.41) is 3.06. The van der Waals surface area contributed by atoms with Crippen LogP contribution in [0, 0.1) is 12.3 Å². The van der Waals surface area contributed by atoms with E-state index < -0.39 is 0 Å². The van der Waals surface area contributed by atoms with Crippen molar-refractivity contribution in [2.75, 3.05) is 20.8 Å².